The van der Waals surface area contributed by atoms with Gasteiger partial charge in [-0.15, -0.1) is 0 Å². The molecule has 9 rings (SSSR count). The van der Waals surface area contributed by atoms with Gasteiger partial charge in [0.15, 0.2) is 0 Å². The molecule has 0 bridgehead atoms. The second-order valence-electron chi connectivity index (χ2n) is 10.4. The largest absolute Gasteiger partial charge is 0.307 e. The van der Waals surface area contributed by atoms with Gasteiger partial charge in [-0.2, -0.15) is 0 Å². The Hall–Kier alpha value is -4.17. The van der Waals surface area contributed by atoms with Crippen LogP contribution in [0.4, 0.5) is 17.1 Å². The molecule has 0 spiro atoms. The molecule has 2 aliphatic carbocycles. The van der Waals surface area contributed by atoms with Crippen LogP contribution in [0.5, 0.6) is 0 Å². The summed E-state index contributed by atoms with van der Waals surface area (Å²) >= 11 is 0. The van der Waals surface area contributed by atoms with Crippen LogP contribution in [0.15, 0.2) is 85.1 Å². The van der Waals surface area contributed by atoms with Crippen molar-refractivity contribution in [2.24, 2.45) is 0 Å². The van der Waals surface area contributed by atoms with E-state index in [1.54, 1.807) is 0 Å². The van der Waals surface area contributed by atoms with E-state index in [1.807, 2.05) is 6.20 Å². The lowest BCUT2D eigenvalue weighted by molar-refractivity contribution is 0.953. The second kappa shape index (κ2) is 6.28. The van der Waals surface area contributed by atoms with Crippen LogP contribution in [0.2, 0.25) is 0 Å². The predicted molar refractivity (Wildman–Crippen MR) is 141 cm³/mol. The van der Waals surface area contributed by atoms with E-state index < -0.39 is 0 Å². The van der Waals surface area contributed by atoms with Crippen LogP contribution in [0.1, 0.15) is 44.6 Å². The van der Waals surface area contributed by atoms with Crippen LogP contribution in [0.25, 0.3) is 22.3 Å². The highest BCUT2D eigenvalue weighted by Crippen LogP contribution is 2.55. The molecule has 0 unspecified atom stereocenters. The molecule has 0 saturated heterocycles. The van der Waals surface area contributed by atoms with Gasteiger partial charge < -0.3 is 4.90 Å². The molecule has 1 aromatic heterocycles. The van der Waals surface area contributed by atoms with E-state index in [-0.39, 0.29) is 0 Å². The summed E-state index contributed by atoms with van der Waals surface area (Å²) in [6.07, 6.45) is 5.90. The lowest BCUT2D eigenvalue weighted by Gasteiger charge is -2.40. The highest BCUT2D eigenvalue weighted by atomic mass is 15.2. The molecule has 0 saturated carbocycles. The van der Waals surface area contributed by atoms with Crippen molar-refractivity contribution in [3.8, 4) is 22.3 Å². The maximum atomic E-state index is 4.91. The van der Waals surface area contributed by atoms with Gasteiger partial charge in [0.2, 0.25) is 0 Å². The number of aromatic nitrogens is 1. The summed E-state index contributed by atoms with van der Waals surface area (Å²) in [5, 5.41) is 0. The molecule has 0 amide bonds. The number of hydrogen-bond donors (Lipinski definition) is 0. The van der Waals surface area contributed by atoms with Crippen molar-refractivity contribution in [1.82, 2.24) is 4.98 Å². The van der Waals surface area contributed by atoms with E-state index >= 15 is 0 Å². The van der Waals surface area contributed by atoms with Crippen molar-refractivity contribution in [2.45, 2.75) is 25.7 Å². The van der Waals surface area contributed by atoms with Crippen LogP contribution in [-0.4, -0.2) is 4.98 Å². The Morgan fingerprint density at radius 2 is 1.26 bits per heavy atom. The summed E-state index contributed by atoms with van der Waals surface area (Å²) in [6.45, 7) is 0. The first-order chi connectivity index (χ1) is 17.3. The fourth-order valence-electron chi connectivity index (χ4n) is 7.06. The molecular weight excluding hydrogens is 424 g/mol. The number of fused-ring (bicyclic) bond motifs is 11. The monoisotopic (exact) mass is 446 g/mol. The smallest absolute Gasteiger partial charge is 0.0716 e. The molecule has 2 aliphatic heterocycles. The number of nitrogens with zero attached hydrogens (tertiary/aromatic N) is 2. The molecule has 5 aromatic rings. The molecule has 4 aromatic carbocycles. The van der Waals surface area contributed by atoms with Crippen molar-refractivity contribution < 1.29 is 0 Å². The SMILES string of the molecule is c1ccc2c(c1)Cc1cc3c(cc1-2)Cc1nccc2c1N3c1c(ccc3c1Cc1ccccc1-3)C2. The minimum atomic E-state index is 0.898. The highest BCUT2D eigenvalue weighted by Gasteiger charge is 2.37. The zero-order valence-corrected chi connectivity index (χ0v) is 19.3. The molecule has 2 heteroatoms. The van der Waals surface area contributed by atoms with Crippen molar-refractivity contribution >= 4 is 17.1 Å². The van der Waals surface area contributed by atoms with Crippen molar-refractivity contribution in [3.63, 3.8) is 0 Å². The topological polar surface area (TPSA) is 16.1 Å². The van der Waals surface area contributed by atoms with E-state index in [9.17, 15) is 0 Å². The molecular formula is C33H22N2. The lowest BCUT2D eigenvalue weighted by Crippen LogP contribution is -2.26. The van der Waals surface area contributed by atoms with E-state index in [4.69, 9.17) is 4.98 Å². The summed E-state index contributed by atoms with van der Waals surface area (Å²) in [5.74, 6) is 0. The molecule has 0 atom stereocenters. The first-order valence-electron chi connectivity index (χ1n) is 12.6. The third kappa shape index (κ3) is 2.27. The number of hydrogen-bond acceptors (Lipinski definition) is 2. The van der Waals surface area contributed by atoms with Gasteiger partial charge in [-0.1, -0.05) is 60.7 Å². The summed E-state index contributed by atoms with van der Waals surface area (Å²) in [5.41, 5.74) is 20.9. The second-order valence-corrected chi connectivity index (χ2v) is 10.4. The van der Waals surface area contributed by atoms with Crippen LogP contribution in [0.3, 0.4) is 0 Å². The fraction of sp³-hybridized carbons (Fsp3) is 0.121. The molecule has 3 heterocycles. The Bertz CT molecular complexity index is 1760. The molecule has 35 heavy (non-hydrogen) atoms. The summed E-state index contributed by atoms with van der Waals surface area (Å²) < 4.78 is 0. The third-order valence-corrected chi connectivity index (χ3v) is 8.54. The van der Waals surface area contributed by atoms with Gasteiger partial charge in [-0.3, -0.25) is 4.98 Å². The van der Waals surface area contributed by atoms with Crippen molar-refractivity contribution in [3.05, 3.63) is 130 Å². The molecule has 0 fully saturated rings. The van der Waals surface area contributed by atoms with Gasteiger partial charge in [-0.05, 0) is 85.8 Å². The Morgan fingerprint density at radius 1 is 0.514 bits per heavy atom. The molecule has 0 N–H and O–H groups in total. The Morgan fingerprint density at radius 3 is 2.14 bits per heavy atom. The van der Waals surface area contributed by atoms with Crippen molar-refractivity contribution in [2.75, 3.05) is 4.90 Å². The average Bonchev–Trinajstić information content (AvgIpc) is 3.45. The number of pyridine rings is 1. The van der Waals surface area contributed by atoms with Crippen LogP contribution < -0.4 is 4.90 Å². The predicted octanol–water partition coefficient (Wildman–Crippen LogP) is 7.50. The van der Waals surface area contributed by atoms with Gasteiger partial charge in [0, 0.05) is 25.5 Å². The van der Waals surface area contributed by atoms with E-state index in [1.165, 1.54) is 84.0 Å². The van der Waals surface area contributed by atoms with Gasteiger partial charge in [0.25, 0.3) is 0 Å². The van der Waals surface area contributed by atoms with Gasteiger partial charge in [-0.25, -0.2) is 0 Å². The summed E-state index contributed by atoms with van der Waals surface area (Å²) in [6, 6.07) is 29.7. The summed E-state index contributed by atoms with van der Waals surface area (Å²) in [4.78, 5) is 7.50. The number of rotatable bonds is 0. The Kier molecular flexibility index (Phi) is 3.27. The average molecular weight is 447 g/mol. The summed E-state index contributed by atoms with van der Waals surface area (Å²) in [7, 11) is 0. The van der Waals surface area contributed by atoms with Gasteiger partial charge in [0.1, 0.15) is 0 Å². The molecule has 4 aliphatic rings. The fourth-order valence-corrected chi connectivity index (χ4v) is 7.06. The minimum Gasteiger partial charge on any atom is -0.307 e. The Labute approximate surface area is 204 Å². The third-order valence-electron chi connectivity index (χ3n) is 8.54. The molecule has 2 nitrogen and oxygen atoms in total. The molecule has 164 valence electrons. The normalized spacial score (nSPS) is 14.9. The van der Waals surface area contributed by atoms with Crippen molar-refractivity contribution in [1.29, 1.82) is 0 Å². The van der Waals surface area contributed by atoms with Gasteiger partial charge >= 0.3 is 0 Å². The number of benzene rings is 4. The van der Waals surface area contributed by atoms with E-state index in [2.05, 4.69) is 83.8 Å². The maximum Gasteiger partial charge on any atom is 0.0716 e. The first-order valence-corrected chi connectivity index (χ1v) is 12.6. The first kappa shape index (κ1) is 18.2. The maximum absolute atomic E-state index is 4.91. The standard InChI is InChI=1S/C33H22N2/c1-4-8-26-19(5-1)13-23-18-31-24(16-28(23)26)17-30-33-22(11-12-34-30)14-21-9-10-27-25-7-3-2-6-20(25)15-29(27)32(21)35(31)33/h1-12,16,18H,13-15,17H2. The van der Waals surface area contributed by atoms with E-state index in [0.29, 0.717) is 0 Å². The highest BCUT2D eigenvalue weighted by molar-refractivity contribution is 5.96. The zero-order chi connectivity index (χ0) is 22.7. The van der Waals surface area contributed by atoms with Crippen LogP contribution >= 0.6 is 0 Å². The lowest BCUT2D eigenvalue weighted by atomic mass is 9.85. The number of anilines is 3. The quantitative estimate of drug-likeness (QED) is 0.240. The van der Waals surface area contributed by atoms with E-state index in [0.717, 1.165) is 25.7 Å². The van der Waals surface area contributed by atoms with Gasteiger partial charge in [0.05, 0.1) is 22.8 Å². The zero-order valence-electron chi connectivity index (χ0n) is 19.3. The molecule has 0 radical (unpaired) electrons. The Balaban J connectivity index is 1.32. The minimum absolute atomic E-state index is 0.898. The van der Waals surface area contributed by atoms with Crippen LogP contribution in [-0.2, 0) is 25.7 Å². The van der Waals surface area contributed by atoms with Crippen LogP contribution in [0, 0.1) is 0 Å².